The highest BCUT2D eigenvalue weighted by Crippen LogP contribution is 2.32. The number of hydrogen-bond donors (Lipinski definition) is 1. The fourth-order valence-corrected chi connectivity index (χ4v) is 3.15. The smallest absolute Gasteiger partial charge is 0.119 e. The van der Waals surface area contributed by atoms with Gasteiger partial charge in [0.1, 0.15) is 5.03 Å². The van der Waals surface area contributed by atoms with Gasteiger partial charge in [0, 0.05) is 11.9 Å². The summed E-state index contributed by atoms with van der Waals surface area (Å²) in [4.78, 5) is 4.38. The molecule has 1 fully saturated rings. The third-order valence-electron chi connectivity index (χ3n) is 2.95. The van der Waals surface area contributed by atoms with Crippen LogP contribution in [0.4, 0.5) is 5.69 Å². The number of pyridine rings is 1. The molecule has 3 heteroatoms. The zero-order valence-corrected chi connectivity index (χ0v) is 10.0. The van der Waals surface area contributed by atoms with E-state index in [0.29, 0.717) is 0 Å². The van der Waals surface area contributed by atoms with E-state index in [9.17, 15) is 0 Å². The Hall–Kier alpha value is -0.700. The summed E-state index contributed by atoms with van der Waals surface area (Å²) in [5.74, 6) is 2.07. The van der Waals surface area contributed by atoms with Crippen molar-refractivity contribution in [3.05, 3.63) is 17.8 Å². The number of thioether (sulfide) groups is 1. The highest BCUT2D eigenvalue weighted by Gasteiger charge is 2.15. The van der Waals surface area contributed by atoms with Gasteiger partial charge in [-0.05, 0) is 37.3 Å². The molecule has 1 aliphatic rings. The Balaban J connectivity index is 1.92. The minimum absolute atomic E-state index is 0.831. The van der Waals surface area contributed by atoms with Gasteiger partial charge >= 0.3 is 0 Å². The first-order valence-electron chi connectivity index (χ1n) is 5.60. The van der Waals surface area contributed by atoms with Crippen LogP contribution in [0, 0.1) is 12.8 Å². The van der Waals surface area contributed by atoms with Crippen LogP contribution in [-0.4, -0.2) is 10.7 Å². The Kier molecular flexibility index (Phi) is 3.52. The van der Waals surface area contributed by atoms with Crippen LogP contribution in [0.3, 0.4) is 0 Å². The summed E-state index contributed by atoms with van der Waals surface area (Å²) in [6.07, 6.45) is 7.48. The predicted octanol–water partition coefficient (Wildman–Crippen LogP) is 3.25. The van der Waals surface area contributed by atoms with Crippen molar-refractivity contribution >= 4 is 17.4 Å². The largest absolute Gasteiger partial charge is 0.397 e. The van der Waals surface area contributed by atoms with Gasteiger partial charge in [0.2, 0.25) is 0 Å². The summed E-state index contributed by atoms with van der Waals surface area (Å²) >= 11 is 1.82. The van der Waals surface area contributed by atoms with Gasteiger partial charge in [0.15, 0.2) is 0 Å². The highest BCUT2D eigenvalue weighted by atomic mass is 32.2. The molecule has 0 spiro atoms. The average molecular weight is 222 g/mol. The van der Waals surface area contributed by atoms with Crippen LogP contribution in [0.25, 0.3) is 0 Å². The van der Waals surface area contributed by atoms with Crippen LogP contribution in [0.15, 0.2) is 17.3 Å². The van der Waals surface area contributed by atoms with E-state index in [-0.39, 0.29) is 0 Å². The van der Waals surface area contributed by atoms with E-state index in [1.54, 1.807) is 0 Å². The fourth-order valence-electron chi connectivity index (χ4n) is 2.07. The van der Waals surface area contributed by atoms with E-state index in [1.165, 1.54) is 31.4 Å². The molecular formula is C12H18N2S. The summed E-state index contributed by atoms with van der Waals surface area (Å²) in [7, 11) is 0. The van der Waals surface area contributed by atoms with E-state index in [1.807, 2.05) is 30.9 Å². The first-order chi connectivity index (χ1) is 7.25. The van der Waals surface area contributed by atoms with Crippen LogP contribution < -0.4 is 5.73 Å². The number of rotatable bonds is 3. The fraction of sp³-hybridized carbons (Fsp3) is 0.583. The lowest BCUT2D eigenvalue weighted by Gasteiger charge is -2.09. The van der Waals surface area contributed by atoms with Crippen molar-refractivity contribution in [3.8, 4) is 0 Å². The van der Waals surface area contributed by atoms with Crippen LogP contribution >= 0.6 is 11.8 Å². The first kappa shape index (κ1) is 10.8. The van der Waals surface area contributed by atoms with Gasteiger partial charge in [-0.25, -0.2) is 4.98 Å². The second kappa shape index (κ2) is 4.88. The predicted molar refractivity (Wildman–Crippen MR) is 66.1 cm³/mol. The summed E-state index contributed by atoms with van der Waals surface area (Å²) in [5.41, 5.74) is 7.89. The molecular weight excluding hydrogens is 204 g/mol. The normalized spacial score (nSPS) is 17.1. The molecule has 1 aromatic rings. The van der Waals surface area contributed by atoms with Gasteiger partial charge in [-0.1, -0.05) is 12.8 Å². The Morgan fingerprint density at radius 1 is 1.47 bits per heavy atom. The van der Waals surface area contributed by atoms with E-state index in [4.69, 9.17) is 5.73 Å². The minimum Gasteiger partial charge on any atom is -0.397 e. The molecule has 0 aromatic carbocycles. The van der Waals surface area contributed by atoms with E-state index in [2.05, 4.69) is 4.98 Å². The number of aryl methyl sites for hydroxylation is 1. The minimum atomic E-state index is 0.831. The van der Waals surface area contributed by atoms with Gasteiger partial charge < -0.3 is 5.73 Å². The maximum Gasteiger partial charge on any atom is 0.119 e. The topological polar surface area (TPSA) is 38.9 Å². The standard InChI is InChI=1S/C12H18N2S/c1-9-6-11(13)12(14-7-9)15-8-10-4-2-3-5-10/h6-7,10H,2-5,8,13H2,1H3. The Bertz CT molecular complexity index is 332. The van der Waals surface area contributed by atoms with Gasteiger partial charge in [-0.3, -0.25) is 0 Å². The molecule has 1 saturated carbocycles. The zero-order valence-electron chi connectivity index (χ0n) is 9.20. The van der Waals surface area contributed by atoms with Crippen molar-refractivity contribution in [1.82, 2.24) is 4.98 Å². The lowest BCUT2D eigenvalue weighted by Crippen LogP contribution is -1.99. The maximum absolute atomic E-state index is 5.92. The maximum atomic E-state index is 5.92. The molecule has 0 aliphatic heterocycles. The third-order valence-corrected chi connectivity index (χ3v) is 4.20. The molecule has 0 unspecified atom stereocenters. The molecule has 1 aliphatic carbocycles. The highest BCUT2D eigenvalue weighted by molar-refractivity contribution is 7.99. The summed E-state index contributed by atoms with van der Waals surface area (Å²) in [6, 6.07) is 2.00. The van der Waals surface area contributed by atoms with Crippen molar-refractivity contribution < 1.29 is 0 Å². The van der Waals surface area contributed by atoms with Crippen LogP contribution in [0.2, 0.25) is 0 Å². The molecule has 1 heterocycles. The van der Waals surface area contributed by atoms with Crippen molar-refractivity contribution in [2.45, 2.75) is 37.6 Å². The van der Waals surface area contributed by atoms with Crippen molar-refractivity contribution in [2.24, 2.45) is 5.92 Å². The molecule has 1 aromatic heterocycles. The average Bonchev–Trinajstić information content (AvgIpc) is 2.69. The van der Waals surface area contributed by atoms with Crippen LogP contribution in [-0.2, 0) is 0 Å². The number of hydrogen-bond acceptors (Lipinski definition) is 3. The van der Waals surface area contributed by atoms with Gasteiger partial charge in [0.25, 0.3) is 0 Å². The lowest BCUT2D eigenvalue weighted by molar-refractivity contribution is 0.623. The van der Waals surface area contributed by atoms with Gasteiger partial charge in [0.05, 0.1) is 5.69 Å². The first-order valence-corrected chi connectivity index (χ1v) is 6.59. The molecule has 2 rings (SSSR count). The number of nitrogen functional groups attached to an aromatic ring is 1. The quantitative estimate of drug-likeness (QED) is 0.798. The molecule has 0 saturated heterocycles. The summed E-state index contributed by atoms with van der Waals surface area (Å²) in [6.45, 7) is 2.02. The molecule has 15 heavy (non-hydrogen) atoms. The summed E-state index contributed by atoms with van der Waals surface area (Å²) < 4.78 is 0. The molecule has 2 N–H and O–H groups in total. The molecule has 0 radical (unpaired) electrons. The van der Waals surface area contributed by atoms with E-state index in [0.717, 1.165) is 22.2 Å². The molecule has 0 atom stereocenters. The summed E-state index contributed by atoms with van der Waals surface area (Å²) in [5, 5.41) is 1.01. The number of aromatic nitrogens is 1. The van der Waals surface area contributed by atoms with Gasteiger partial charge in [-0.15, -0.1) is 11.8 Å². The van der Waals surface area contributed by atoms with Crippen LogP contribution in [0.1, 0.15) is 31.2 Å². The van der Waals surface area contributed by atoms with Crippen LogP contribution in [0.5, 0.6) is 0 Å². The Morgan fingerprint density at radius 2 is 2.20 bits per heavy atom. The number of anilines is 1. The second-order valence-electron chi connectivity index (χ2n) is 4.37. The monoisotopic (exact) mass is 222 g/mol. The molecule has 0 amide bonds. The molecule has 2 nitrogen and oxygen atoms in total. The van der Waals surface area contributed by atoms with E-state index >= 15 is 0 Å². The Morgan fingerprint density at radius 3 is 2.87 bits per heavy atom. The number of nitrogens with zero attached hydrogens (tertiary/aromatic N) is 1. The lowest BCUT2D eigenvalue weighted by atomic mass is 10.1. The van der Waals surface area contributed by atoms with Gasteiger partial charge in [-0.2, -0.15) is 0 Å². The molecule has 82 valence electrons. The number of nitrogens with two attached hydrogens (primary N) is 1. The van der Waals surface area contributed by atoms with Crippen molar-refractivity contribution in [2.75, 3.05) is 11.5 Å². The molecule has 0 bridgehead atoms. The second-order valence-corrected chi connectivity index (χ2v) is 5.38. The van der Waals surface area contributed by atoms with Crippen molar-refractivity contribution in [3.63, 3.8) is 0 Å². The van der Waals surface area contributed by atoms with Crippen molar-refractivity contribution in [1.29, 1.82) is 0 Å². The third kappa shape index (κ3) is 2.88. The SMILES string of the molecule is Cc1cnc(SCC2CCCC2)c(N)c1. The zero-order chi connectivity index (χ0) is 10.7. The van der Waals surface area contributed by atoms with E-state index < -0.39 is 0 Å². The Labute approximate surface area is 95.7 Å².